The Balaban J connectivity index is 1.62. The highest BCUT2D eigenvalue weighted by Crippen LogP contribution is 2.22. The van der Waals surface area contributed by atoms with Crippen LogP contribution in [0.3, 0.4) is 0 Å². The van der Waals surface area contributed by atoms with E-state index in [0.29, 0.717) is 13.1 Å². The summed E-state index contributed by atoms with van der Waals surface area (Å²) in [6.07, 6.45) is 0. The first kappa shape index (κ1) is 16.8. The number of rotatable bonds is 5. The molecule has 3 rings (SSSR count). The number of ether oxygens (including phenoxy) is 1. The lowest BCUT2D eigenvalue weighted by atomic mass is 10.1. The molecule has 1 N–H and O–H groups in total. The lowest BCUT2D eigenvalue weighted by molar-refractivity contribution is 0.206. The Morgan fingerprint density at radius 3 is 2.44 bits per heavy atom. The van der Waals surface area contributed by atoms with Gasteiger partial charge in [0, 0.05) is 20.1 Å². The highest BCUT2D eigenvalue weighted by Gasteiger charge is 2.09. The van der Waals surface area contributed by atoms with Crippen molar-refractivity contribution in [2.75, 3.05) is 14.2 Å². The maximum absolute atomic E-state index is 12.3. The van der Waals surface area contributed by atoms with Crippen molar-refractivity contribution < 1.29 is 9.53 Å². The third-order valence-electron chi connectivity index (χ3n) is 4.16. The molecule has 0 radical (unpaired) electrons. The predicted molar refractivity (Wildman–Crippen MR) is 101 cm³/mol. The average molecular weight is 334 g/mol. The fraction of sp³-hybridized carbons (Fsp3) is 0.190. The molecule has 4 nitrogen and oxygen atoms in total. The SMILES string of the molecule is COc1ccc2cc(CN(C)C(=O)NCc3ccccc3)ccc2c1. The van der Waals surface area contributed by atoms with Gasteiger partial charge in [-0.3, -0.25) is 0 Å². The summed E-state index contributed by atoms with van der Waals surface area (Å²) in [6, 6.07) is 22.0. The highest BCUT2D eigenvalue weighted by molar-refractivity contribution is 5.84. The Bertz CT molecular complexity index is 862. The van der Waals surface area contributed by atoms with E-state index in [-0.39, 0.29) is 6.03 Å². The van der Waals surface area contributed by atoms with Gasteiger partial charge in [0.1, 0.15) is 5.75 Å². The molecule has 0 saturated carbocycles. The summed E-state index contributed by atoms with van der Waals surface area (Å²) in [4.78, 5) is 14.0. The maximum atomic E-state index is 12.3. The van der Waals surface area contributed by atoms with E-state index < -0.39 is 0 Å². The third kappa shape index (κ3) is 4.29. The summed E-state index contributed by atoms with van der Waals surface area (Å²) in [5.74, 6) is 0.845. The van der Waals surface area contributed by atoms with Crippen LogP contribution in [-0.4, -0.2) is 25.1 Å². The fourth-order valence-electron chi connectivity index (χ4n) is 2.75. The molecule has 0 aromatic heterocycles. The summed E-state index contributed by atoms with van der Waals surface area (Å²) in [5, 5.41) is 5.20. The molecule has 3 aromatic carbocycles. The molecule has 0 atom stereocenters. The van der Waals surface area contributed by atoms with Crippen molar-refractivity contribution in [2.24, 2.45) is 0 Å². The number of amides is 2. The summed E-state index contributed by atoms with van der Waals surface area (Å²) in [7, 11) is 3.47. The Labute approximate surface area is 148 Å². The standard InChI is InChI=1S/C21H22N2O2/c1-23(21(24)22-14-16-6-4-3-5-7-16)15-17-8-9-19-13-20(25-2)11-10-18(19)12-17/h3-13H,14-15H2,1-2H3,(H,22,24). The molecular formula is C21H22N2O2. The minimum atomic E-state index is -0.0846. The first-order valence-corrected chi connectivity index (χ1v) is 8.25. The number of methoxy groups -OCH3 is 1. The molecule has 0 aliphatic rings. The molecule has 0 fully saturated rings. The van der Waals surface area contributed by atoms with Crippen molar-refractivity contribution >= 4 is 16.8 Å². The van der Waals surface area contributed by atoms with E-state index in [1.807, 2.05) is 54.6 Å². The second-order valence-electron chi connectivity index (χ2n) is 6.05. The molecule has 4 heteroatoms. The normalized spacial score (nSPS) is 10.5. The van der Waals surface area contributed by atoms with Crippen LogP contribution in [0.15, 0.2) is 66.7 Å². The van der Waals surface area contributed by atoms with E-state index >= 15 is 0 Å². The largest absolute Gasteiger partial charge is 0.497 e. The molecule has 25 heavy (non-hydrogen) atoms. The minimum Gasteiger partial charge on any atom is -0.497 e. The van der Waals surface area contributed by atoms with Crippen LogP contribution in [0.4, 0.5) is 4.79 Å². The highest BCUT2D eigenvalue weighted by atomic mass is 16.5. The van der Waals surface area contributed by atoms with Crippen LogP contribution >= 0.6 is 0 Å². The second-order valence-corrected chi connectivity index (χ2v) is 6.05. The molecular weight excluding hydrogens is 312 g/mol. The van der Waals surface area contributed by atoms with Gasteiger partial charge in [-0.2, -0.15) is 0 Å². The first-order chi connectivity index (χ1) is 12.2. The summed E-state index contributed by atoms with van der Waals surface area (Å²) in [5.41, 5.74) is 2.18. The lowest BCUT2D eigenvalue weighted by Gasteiger charge is -2.18. The van der Waals surface area contributed by atoms with Gasteiger partial charge >= 0.3 is 6.03 Å². The number of hydrogen-bond acceptors (Lipinski definition) is 2. The van der Waals surface area contributed by atoms with E-state index in [1.54, 1.807) is 19.1 Å². The quantitative estimate of drug-likeness (QED) is 0.760. The number of nitrogens with zero attached hydrogens (tertiary/aromatic N) is 1. The van der Waals surface area contributed by atoms with E-state index in [2.05, 4.69) is 17.4 Å². The van der Waals surface area contributed by atoms with Gasteiger partial charge < -0.3 is 15.0 Å². The Kier molecular flexibility index (Phi) is 5.19. The van der Waals surface area contributed by atoms with E-state index in [1.165, 1.54) is 0 Å². The smallest absolute Gasteiger partial charge is 0.317 e. The van der Waals surface area contributed by atoms with Crippen molar-refractivity contribution in [1.82, 2.24) is 10.2 Å². The van der Waals surface area contributed by atoms with Crippen LogP contribution in [-0.2, 0) is 13.1 Å². The molecule has 0 unspecified atom stereocenters. The van der Waals surface area contributed by atoms with Gasteiger partial charge in [-0.25, -0.2) is 4.79 Å². The number of benzene rings is 3. The maximum Gasteiger partial charge on any atom is 0.317 e. The number of carbonyl (C=O) groups is 1. The van der Waals surface area contributed by atoms with Gasteiger partial charge in [0.2, 0.25) is 0 Å². The summed E-state index contributed by atoms with van der Waals surface area (Å²) < 4.78 is 5.25. The van der Waals surface area contributed by atoms with Crippen molar-refractivity contribution in [1.29, 1.82) is 0 Å². The number of fused-ring (bicyclic) bond motifs is 1. The number of carbonyl (C=O) groups excluding carboxylic acids is 1. The minimum absolute atomic E-state index is 0.0846. The zero-order chi connectivity index (χ0) is 17.6. The topological polar surface area (TPSA) is 41.6 Å². The van der Waals surface area contributed by atoms with E-state index in [9.17, 15) is 4.79 Å². The van der Waals surface area contributed by atoms with Crippen LogP contribution in [0.1, 0.15) is 11.1 Å². The van der Waals surface area contributed by atoms with E-state index in [0.717, 1.165) is 27.6 Å². The van der Waals surface area contributed by atoms with E-state index in [4.69, 9.17) is 4.74 Å². The molecule has 2 amide bonds. The Morgan fingerprint density at radius 2 is 1.68 bits per heavy atom. The van der Waals surface area contributed by atoms with Crippen LogP contribution in [0.25, 0.3) is 10.8 Å². The molecule has 128 valence electrons. The van der Waals surface area contributed by atoms with Crippen LogP contribution in [0.2, 0.25) is 0 Å². The zero-order valence-corrected chi connectivity index (χ0v) is 14.5. The second kappa shape index (κ2) is 7.71. The van der Waals surface area contributed by atoms with Crippen LogP contribution in [0, 0.1) is 0 Å². The van der Waals surface area contributed by atoms with Gasteiger partial charge in [-0.1, -0.05) is 48.5 Å². The summed E-state index contributed by atoms with van der Waals surface area (Å²) in [6.45, 7) is 1.09. The van der Waals surface area contributed by atoms with Gasteiger partial charge in [-0.05, 0) is 40.1 Å². The zero-order valence-electron chi connectivity index (χ0n) is 14.5. The number of urea groups is 1. The first-order valence-electron chi connectivity index (χ1n) is 8.25. The van der Waals surface area contributed by atoms with Crippen LogP contribution < -0.4 is 10.1 Å². The molecule has 0 heterocycles. The number of hydrogen-bond donors (Lipinski definition) is 1. The Morgan fingerprint density at radius 1 is 0.960 bits per heavy atom. The monoisotopic (exact) mass is 334 g/mol. The van der Waals surface area contributed by atoms with Gasteiger partial charge in [0.25, 0.3) is 0 Å². The third-order valence-corrected chi connectivity index (χ3v) is 4.16. The molecule has 0 aliphatic heterocycles. The fourth-order valence-corrected chi connectivity index (χ4v) is 2.75. The van der Waals surface area contributed by atoms with Crippen molar-refractivity contribution in [3.63, 3.8) is 0 Å². The average Bonchev–Trinajstić information content (AvgIpc) is 2.66. The number of nitrogens with one attached hydrogen (secondary N) is 1. The van der Waals surface area contributed by atoms with Gasteiger partial charge in [-0.15, -0.1) is 0 Å². The Hall–Kier alpha value is -3.01. The van der Waals surface area contributed by atoms with Crippen molar-refractivity contribution in [3.05, 3.63) is 77.9 Å². The summed E-state index contributed by atoms with van der Waals surface area (Å²) >= 11 is 0. The van der Waals surface area contributed by atoms with Gasteiger partial charge in [0.05, 0.1) is 7.11 Å². The van der Waals surface area contributed by atoms with Gasteiger partial charge in [0.15, 0.2) is 0 Å². The predicted octanol–water partition coefficient (Wildman–Crippen LogP) is 4.19. The lowest BCUT2D eigenvalue weighted by Crippen LogP contribution is -2.36. The van der Waals surface area contributed by atoms with Crippen molar-refractivity contribution in [3.8, 4) is 5.75 Å². The molecule has 0 spiro atoms. The molecule has 0 saturated heterocycles. The van der Waals surface area contributed by atoms with Crippen LogP contribution in [0.5, 0.6) is 5.75 Å². The van der Waals surface area contributed by atoms with Crippen molar-refractivity contribution in [2.45, 2.75) is 13.1 Å². The molecule has 0 bridgehead atoms. The molecule has 3 aromatic rings. The molecule has 0 aliphatic carbocycles.